The number of aryl methyl sites for hydroxylation is 1. The number of benzene rings is 1. The van der Waals surface area contributed by atoms with Crippen molar-refractivity contribution in [2.24, 2.45) is 0 Å². The maximum Gasteiger partial charge on any atom is 0.328 e. The Labute approximate surface area is 123 Å². The summed E-state index contributed by atoms with van der Waals surface area (Å²) >= 11 is 0. The SMILES string of the molecule is CCOc1ccc(CCCC(=O)NC(CO)C(=O)O)cc1. The van der Waals surface area contributed by atoms with Crippen LogP contribution in [0.4, 0.5) is 0 Å². The standard InChI is InChI=1S/C15H21NO5/c1-2-21-12-8-6-11(7-9-12)4-3-5-14(18)16-13(10-17)15(19)20/h6-9,13,17H,2-5,10H2,1H3,(H,16,18)(H,19,20). The molecule has 0 aliphatic carbocycles. The van der Waals surface area contributed by atoms with Crippen molar-refractivity contribution in [1.82, 2.24) is 5.32 Å². The second-order valence-corrected chi connectivity index (χ2v) is 4.57. The van der Waals surface area contributed by atoms with E-state index in [1.54, 1.807) is 0 Å². The first-order chi connectivity index (χ1) is 10.1. The molecule has 0 radical (unpaired) electrons. The Kier molecular flexibility index (Phi) is 7.25. The lowest BCUT2D eigenvalue weighted by Crippen LogP contribution is -2.43. The fourth-order valence-corrected chi connectivity index (χ4v) is 1.82. The Morgan fingerprint density at radius 2 is 1.95 bits per heavy atom. The van der Waals surface area contributed by atoms with Gasteiger partial charge in [0.1, 0.15) is 11.8 Å². The van der Waals surface area contributed by atoms with Crippen molar-refractivity contribution >= 4 is 11.9 Å². The van der Waals surface area contributed by atoms with Crippen LogP contribution in [0.2, 0.25) is 0 Å². The second-order valence-electron chi connectivity index (χ2n) is 4.57. The molecule has 1 amide bonds. The molecule has 1 rings (SSSR count). The third-order valence-corrected chi connectivity index (χ3v) is 2.92. The molecule has 0 aliphatic heterocycles. The minimum absolute atomic E-state index is 0.219. The first kappa shape index (κ1) is 17.0. The Morgan fingerprint density at radius 3 is 2.48 bits per heavy atom. The lowest BCUT2D eigenvalue weighted by atomic mass is 10.1. The van der Waals surface area contributed by atoms with E-state index in [0.29, 0.717) is 13.0 Å². The van der Waals surface area contributed by atoms with Gasteiger partial charge in [-0.05, 0) is 37.5 Å². The van der Waals surface area contributed by atoms with Crippen LogP contribution in [-0.2, 0) is 16.0 Å². The molecule has 116 valence electrons. The Balaban J connectivity index is 2.32. The van der Waals surface area contributed by atoms with Crippen LogP contribution >= 0.6 is 0 Å². The monoisotopic (exact) mass is 295 g/mol. The lowest BCUT2D eigenvalue weighted by Gasteiger charge is -2.11. The first-order valence-corrected chi connectivity index (χ1v) is 6.91. The normalized spacial score (nSPS) is 11.7. The smallest absolute Gasteiger partial charge is 0.328 e. The number of aliphatic carboxylic acids is 1. The summed E-state index contributed by atoms with van der Waals surface area (Å²) < 4.78 is 5.34. The van der Waals surface area contributed by atoms with Crippen molar-refractivity contribution in [2.45, 2.75) is 32.2 Å². The van der Waals surface area contributed by atoms with Gasteiger partial charge in [0.2, 0.25) is 5.91 Å². The zero-order chi connectivity index (χ0) is 15.7. The molecule has 3 N–H and O–H groups in total. The fourth-order valence-electron chi connectivity index (χ4n) is 1.82. The summed E-state index contributed by atoms with van der Waals surface area (Å²) in [4.78, 5) is 22.2. The molecular weight excluding hydrogens is 274 g/mol. The van der Waals surface area contributed by atoms with Gasteiger partial charge in [-0.1, -0.05) is 12.1 Å². The van der Waals surface area contributed by atoms with E-state index in [4.69, 9.17) is 14.9 Å². The van der Waals surface area contributed by atoms with Gasteiger partial charge in [0, 0.05) is 6.42 Å². The van der Waals surface area contributed by atoms with Gasteiger partial charge in [-0.3, -0.25) is 4.79 Å². The maximum atomic E-state index is 11.5. The van der Waals surface area contributed by atoms with Crippen LogP contribution in [0.25, 0.3) is 0 Å². The quantitative estimate of drug-likeness (QED) is 0.631. The van der Waals surface area contributed by atoms with Crippen LogP contribution in [0.3, 0.4) is 0 Å². The average Bonchev–Trinajstić information content (AvgIpc) is 2.46. The predicted molar refractivity (Wildman–Crippen MR) is 77.2 cm³/mol. The van der Waals surface area contributed by atoms with E-state index in [1.807, 2.05) is 31.2 Å². The number of aliphatic hydroxyl groups excluding tert-OH is 1. The molecule has 0 fully saturated rings. The van der Waals surface area contributed by atoms with E-state index in [1.165, 1.54) is 0 Å². The molecule has 6 nitrogen and oxygen atoms in total. The van der Waals surface area contributed by atoms with Crippen LogP contribution in [0.5, 0.6) is 5.75 Å². The number of ether oxygens (including phenoxy) is 1. The number of nitrogens with one attached hydrogen (secondary N) is 1. The highest BCUT2D eigenvalue weighted by Gasteiger charge is 2.18. The van der Waals surface area contributed by atoms with E-state index >= 15 is 0 Å². The molecule has 1 unspecified atom stereocenters. The van der Waals surface area contributed by atoms with E-state index in [9.17, 15) is 9.59 Å². The zero-order valence-corrected chi connectivity index (χ0v) is 12.0. The van der Waals surface area contributed by atoms with Gasteiger partial charge in [-0.15, -0.1) is 0 Å². The van der Waals surface area contributed by atoms with Crippen molar-refractivity contribution in [1.29, 1.82) is 0 Å². The number of carbonyl (C=O) groups excluding carboxylic acids is 1. The van der Waals surface area contributed by atoms with Crippen molar-refractivity contribution in [3.05, 3.63) is 29.8 Å². The summed E-state index contributed by atoms with van der Waals surface area (Å²) in [5, 5.41) is 19.8. The highest BCUT2D eigenvalue weighted by molar-refractivity contribution is 5.83. The number of hydrogen-bond acceptors (Lipinski definition) is 4. The largest absolute Gasteiger partial charge is 0.494 e. The number of amides is 1. The molecule has 1 atom stereocenters. The molecule has 0 heterocycles. The van der Waals surface area contributed by atoms with E-state index < -0.39 is 18.6 Å². The van der Waals surface area contributed by atoms with Crippen LogP contribution in [0.1, 0.15) is 25.3 Å². The summed E-state index contributed by atoms with van der Waals surface area (Å²) in [6.07, 6.45) is 1.55. The minimum Gasteiger partial charge on any atom is -0.494 e. The van der Waals surface area contributed by atoms with Crippen molar-refractivity contribution in [2.75, 3.05) is 13.2 Å². The molecule has 0 spiro atoms. The zero-order valence-electron chi connectivity index (χ0n) is 12.0. The number of hydrogen-bond donors (Lipinski definition) is 3. The lowest BCUT2D eigenvalue weighted by molar-refractivity contribution is -0.142. The Bertz CT molecular complexity index is 458. The molecule has 0 saturated carbocycles. The molecular formula is C15H21NO5. The third-order valence-electron chi connectivity index (χ3n) is 2.92. The summed E-state index contributed by atoms with van der Waals surface area (Å²) in [7, 11) is 0. The van der Waals surface area contributed by atoms with Gasteiger partial charge in [0.25, 0.3) is 0 Å². The summed E-state index contributed by atoms with van der Waals surface area (Å²) in [5.74, 6) is -0.800. The summed E-state index contributed by atoms with van der Waals surface area (Å²) in [6, 6.07) is 6.41. The third kappa shape index (κ3) is 6.27. The van der Waals surface area contributed by atoms with Crippen molar-refractivity contribution in [3.8, 4) is 5.75 Å². The molecule has 0 aromatic heterocycles. The van der Waals surface area contributed by atoms with Gasteiger partial charge in [0.05, 0.1) is 13.2 Å². The fraction of sp³-hybridized carbons (Fsp3) is 0.467. The van der Waals surface area contributed by atoms with Gasteiger partial charge in [-0.25, -0.2) is 4.79 Å². The predicted octanol–water partition coefficient (Wildman–Crippen LogP) is 0.970. The molecule has 1 aromatic rings. The molecule has 21 heavy (non-hydrogen) atoms. The van der Waals surface area contributed by atoms with Crippen LogP contribution < -0.4 is 10.1 Å². The van der Waals surface area contributed by atoms with E-state index in [0.717, 1.165) is 17.7 Å². The van der Waals surface area contributed by atoms with E-state index in [2.05, 4.69) is 5.32 Å². The van der Waals surface area contributed by atoms with Gasteiger partial charge < -0.3 is 20.3 Å². The summed E-state index contributed by atoms with van der Waals surface area (Å²) in [5.41, 5.74) is 1.09. The van der Waals surface area contributed by atoms with Crippen LogP contribution in [0, 0.1) is 0 Å². The topological polar surface area (TPSA) is 95.9 Å². The Hall–Kier alpha value is -2.08. The van der Waals surface area contributed by atoms with Crippen LogP contribution in [0.15, 0.2) is 24.3 Å². The number of carbonyl (C=O) groups is 2. The number of rotatable bonds is 9. The Morgan fingerprint density at radius 1 is 1.29 bits per heavy atom. The number of carboxylic acids is 1. The van der Waals surface area contributed by atoms with Gasteiger partial charge >= 0.3 is 5.97 Å². The first-order valence-electron chi connectivity index (χ1n) is 6.91. The van der Waals surface area contributed by atoms with Gasteiger partial charge in [0.15, 0.2) is 0 Å². The van der Waals surface area contributed by atoms with Crippen LogP contribution in [-0.4, -0.2) is 41.3 Å². The maximum absolute atomic E-state index is 11.5. The number of carboxylic acid groups (broad SMARTS) is 1. The highest BCUT2D eigenvalue weighted by atomic mass is 16.5. The minimum atomic E-state index is -1.24. The molecule has 6 heteroatoms. The van der Waals surface area contributed by atoms with Gasteiger partial charge in [-0.2, -0.15) is 0 Å². The highest BCUT2D eigenvalue weighted by Crippen LogP contribution is 2.13. The molecule has 1 aromatic carbocycles. The van der Waals surface area contributed by atoms with E-state index in [-0.39, 0.29) is 12.3 Å². The second kappa shape index (κ2) is 8.97. The number of aliphatic hydroxyl groups is 1. The molecule has 0 bridgehead atoms. The molecule has 0 aliphatic rings. The van der Waals surface area contributed by atoms with Crippen molar-refractivity contribution < 1.29 is 24.5 Å². The molecule has 0 saturated heterocycles. The van der Waals surface area contributed by atoms with Crippen molar-refractivity contribution in [3.63, 3.8) is 0 Å². The average molecular weight is 295 g/mol. The summed E-state index contributed by atoms with van der Waals surface area (Å²) in [6.45, 7) is 1.93.